The molecule has 2 heterocycles. The molecule has 2 aromatic rings. The SMILES string of the molecule is O=C(NC(c1ccccc1)c1ccccc1)[C@H]1O[C@@H]1C(=O)OC1CCN(C(P(=O)(O)O)P(=O)(O)O)CC1. The number of likely N-dealkylation sites (tertiary alicyclic amines) is 1. The summed E-state index contributed by atoms with van der Waals surface area (Å²) in [5.74, 6) is -1.21. The molecule has 2 fully saturated rings. The molecule has 2 aliphatic heterocycles. The number of benzene rings is 2. The fourth-order valence-electron chi connectivity index (χ4n) is 4.44. The molecule has 0 saturated carbocycles. The topological polar surface area (TPSA) is 186 Å². The number of carbonyl (C=O) groups is 2. The first-order valence-electron chi connectivity index (χ1n) is 11.6. The van der Waals surface area contributed by atoms with Gasteiger partial charge in [-0.3, -0.25) is 18.8 Å². The molecular formula is C23H28N2O10P2. The molecule has 5 N–H and O–H groups in total. The summed E-state index contributed by atoms with van der Waals surface area (Å²) in [5.41, 5.74) is -0.520. The van der Waals surface area contributed by atoms with Gasteiger partial charge in [-0.05, 0) is 24.0 Å². The summed E-state index contributed by atoms with van der Waals surface area (Å²) in [6.07, 6.45) is -2.53. The van der Waals surface area contributed by atoms with E-state index in [4.69, 9.17) is 9.47 Å². The number of epoxide rings is 1. The molecule has 0 aromatic heterocycles. The van der Waals surface area contributed by atoms with Crippen molar-refractivity contribution < 1.29 is 47.8 Å². The van der Waals surface area contributed by atoms with E-state index < -0.39 is 56.9 Å². The number of hydrogen-bond acceptors (Lipinski definition) is 7. The maximum atomic E-state index is 12.9. The average Bonchev–Trinajstić information content (AvgIpc) is 3.64. The van der Waals surface area contributed by atoms with Gasteiger partial charge in [0.05, 0.1) is 6.04 Å². The highest BCUT2D eigenvalue weighted by atomic mass is 31.2. The van der Waals surface area contributed by atoms with E-state index in [0.29, 0.717) is 0 Å². The largest absolute Gasteiger partial charge is 0.460 e. The highest BCUT2D eigenvalue weighted by Gasteiger charge is 2.53. The molecule has 37 heavy (non-hydrogen) atoms. The van der Waals surface area contributed by atoms with Crippen LogP contribution in [0.25, 0.3) is 0 Å². The van der Waals surface area contributed by atoms with E-state index in [0.717, 1.165) is 16.0 Å². The minimum atomic E-state index is -5.10. The lowest BCUT2D eigenvalue weighted by Crippen LogP contribution is -2.44. The highest BCUT2D eigenvalue weighted by Crippen LogP contribution is 2.61. The molecule has 2 aromatic carbocycles. The van der Waals surface area contributed by atoms with Gasteiger partial charge in [-0.25, -0.2) is 4.79 Å². The molecule has 12 nitrogen and oxygen atoms in total. The van der Waals surface area contributed by atoms with Gasteiger partial charge >= 0.3 is 21.2 Å². The van der Waals surface area contributed by atoms with E-state index in [1.165, 1.54) is 0 Å². The summed E-state index contributed by atoms with van der Waals surface area (Å²) in [4.78, 5) is 64.0. The monoisotopic (exact) mass is 554 g/mol. The van der Waals surface area contributed by atoms with E-state index in [2.05, 4.69) is 5.32 Å². The second kappa shape index (κ2) is 11.1. The van der Waals surface area contributed by atoms with Crippen LogP contribution in [0.2, 0.25) is 0 Å². The summed E-state index contributed by atoms with van der Waals surface area (Å²) in [7, 11) is -10.2. The molecule has 1 amide bonds. The van der Waals surface area contributed by atoms with Gasteiger partial charge in [0.2, 0.25) is 5.52 Å². The van der Waals surface area contributed by atoms with Crippen LogP contribution < -0.4 is 5.32 Å². The van der Waals surface area contributed by atoms with Crippen molar-refractivity contribution in [2.24, 2.45) is 0 Å². The summed E-state index contributed by atoms with van der Waals surface area (Å²) >= 11 is 0. The molecule has 0 spiro atoms. The Morgan fingerprint density at radius 1 is 0.865 bits per heavy atom. The van der Waals surface area contributed by atoms with Gasteiger partial charge < -0.3 is 34.4 Å². The van der Waals surface area contributed by atoms with Crippen LogP contribution in [0.5, 0.6) is 0 Å². The van der Waals surface area contributed by atoms with Gasteiger partial charge in [0.15, 0.2) is 12.2 Å². The third-order valence-corrected chi connectivity index (χ3v) is 9.88. The molecule has 0 unspecified atom stereocenters. The van der Waals surface area contributed by atoms with Crippen molar-refractivity contribution in [2.45, 2.75) is 42.7 Å². The lowest BCUT2D eigenvalue weighted by Gasteiger charge is -2.37. The maximum Gasteiger partial charge on any atom is 0.354 e. The molecule has 4 rings (SSSR count). The summed E-state index contributed by atoms with van der Waals surface area (Å²) in [6.45, 7) is -0.186. The van der Waals surface area contributed by atoms with Crippen LogP contribution in [-0.2, 0) is 28.2 Å². The first kappa shape index (κ1) is 27.6. The molecule has 0 bridgehead atoms. The first-order valence-corrected chi connectivity index (χ1v) is 14.9. The molecular weight excluding hydrogens is 526 g/mol. The van der Waals surface area contributed by atoms with E-state index in [1.54, 1.807) is 0 Å². The van der Waals surface area contributed by atoms with Gasteiger partial charge in [-0.1, -0.05) is 60.7 Å². The normalized spacial score (nSPS) is 21.1. The fraction of sp³-hybridized carbons (Fsp3) is 0.391. The number of nitrogens with zero attached hydrogens (tertiary/aromatic N) is 1. The Kier molecular flexibility index (Phi) is 8.32. The number of nitrogens with one attached hydrogen (secondary N) is 1. The molecule has 2 aliphatic rings. The Hall–Kier alpha value is -2.40. The molecule has 200 valence electrons. The van der Waals surface area contributed by atoms with Crippen LogP contribution >= 0.6 is 15.2 Å². The molecule has 0 radical (unpaired) electrons. The number of esters is 1. The van der Waals surface area contributed by atoms with Crippen LogP contribution in [0.4, 0.5) is 0 Å². The van der Waals surface area contributed by atoms with Gasteiger partial charge in [0, 0.05) is 13.1 Å². The zero-order chi connectivity index (χ0) is 26.8. The number of carbonyl (C=O) groups excluding carboxylic acids is 2. The Bertz CT molecular complexity index is 1130. The quantitative estimate of drug-likeness (QED) is 0.171. The number of rotatable bonds is 9. The van der Waals surface area contributed by atoms with Crippen molar-refractivity contribution in [3.05, 3.63) is 71.8 Å². The average molecular weight is 554 g/mol. The zero-order valence-corrected chi connectivity index (χ0v) is 21.4. The van der Waals surface area contributed by atoms with Gasteiger partial charge in [0.1, 0.15) is 6.10 Å². The molecule has 2 saturated heterocycles. The predicted octanol–water partition coefficient (Wildman–Crippen LogP) is 1.31. The lowest BCUT2D eigenvalue weighted by molar-refractivity contribution is -0.152. The first-order chi connectivity index (χ1) is 17.4. The second-order valence-corrected chi connectivity index (χ2v) is 12.7. The van der Waals surface area contributed by atoms with Crippen molar-refractivity contribution >= 4 is 27.1 Å². The fourth-order valence-corrected chi connectivity index (χ4v) is 7.32. The van der Waals surface area contributed by atoms with Crippen LogP contribution in [0, 0.1) is 0 Å². The van der Waals surface area contributed by atoms with Crippen molar-refractivity contribution in [3.63, 3.8) is 0 Å². The Labute approximate surface area is 212 Å². The standard InChI is InChI=1S/C23H28N2O10P2/c26-21(24-18(15-7-3-1-4-8-15)16-9-5-2-6-10-16)19-20(35-19)22(27)34-17-11-13-25(14-12-17)23(36(28,29)30)37(31,32)33/h1-10,17-20,23H,11-14H2,(H,24,26)(H2,28,29,30)(H2,31,32,33)/t19-,20-/m0/s1. The predicted molar refractivity (Wildman–Crippen MR) is 130 cm³/mol. The van der Waals surface area contributed by atoms with Crippen LogP contribution in [0.1, 0.15) is 30.0 Å². The molecule has 0 aliphatic carbocycles. The molecule has 2 atom stereocenters. The van der Waals surface area contributed by atoms with Crippen molar-refractivity contribution in [3.8, 4) is 0 Å². The second-order valence-electron chi connectivity index (χ2n) is 8.94. The van der Waals surface area contributed by atoms with Crippen molar-refractivity contribution in [1.29, 1.82) is 0 Å². The van der Waals surface area contributed by atoms with Crippen LogP contribution in [-0.4, -0.2) is 73.3 Å². The Balaban J connectivity index is 1.31. The number of ether oxygens (including phenoxy) is 2. The summed E-state index contributed by atoms with van der Waals surface area (Å²) in [6, 6.07) is 18.3. The minimum absolute atomic E-state index is 0.0932. The summed E-state index contributed by atoms with van der Waals surface area (Å²) in [5, 5.41) is 2.92. The van der Waals surface area contributed by atoms with Crippen molar-refractivity contribution in [1.82, 2.24) is 10.2 Å². The highest BCUT2D eigenvalue weighted by molar-refractivity contribution is 7.70. The lowest BCUT2D eigenvalue weighted by atomic mass is 9.98. The summed E-state index contributed by atoms with van der Waals surface area (Å²) < 4.78 is 33.9. The van der Waals surface area contributed by atoms with Gasteiger partial charge in [0.25, 0.3) is 5.91 Å². The number of amides is 1. The van der Waals surface area contributed by atoms with E-state index >= 15 is 0 Å². The Morgan fingerprint density at radius 3 is 1.81 bits per heavy atom. The molecule has 14 heteroatoms. The third kappa shape index (κ3) is 6.93. The van der Waals surface area contributed by atoms with E-state index in [-0.39, 0.29) is 25.9 Å². The number of piperidine rings is 1. The zero-order valence-electron chi connectivity index (χ0n) is 19.6. The van der Waals surface area contributed by atoms with E-state index in [9.17, 15) is 38.3 Å². The number of hydrogen-bond donors (Lipinski definition) is 5. The van der Waals surface area contributed by atoms with Crippen molar-refractivity contribution in [2.75, 3.05) is 13.1 Å². The Morgan fingerprint density at radius 2 is 1.35 bits per heavy atom. The van der Waals surface area contributed by atoms with E-state index in [1.807, 2.05) is 60.7 Å². The third-order valence-electron chi connectivity index (χ3n) is 6.22. The maximum absolute atomic E-state index is 12.9. The van der Waals surface area contributed by atoms with Gasteiger partial charge in [-0.2, -0.15) is 0 Å². The smallest absolute Gasteiger partial charge is 0.354 e. The minimum Gasteiger partial charge on any atom is -0.460 e. The van der Waals surface area contributed by atoms with Crippen LogP contribution in [0.3, 0.4) is 0 Å². The van der Waals surface area contributed by atoms with Crippen LogP contribution in [0.15, 0.2) is 60.7 Å². The van der Waals surface area contributed by atoms with Gasteiger partial charge in [-0.15, -0.1) is 0 Å².